The molecule has 1 saturated carbocycles. The summed E-state index contributed by atoms with van der Waals surface area (Å²) >= 11 is 5.88. The van der Waals surface area contributed by atoms with Gasteiger partial charge in [0.1, 0.15) is 0 Å². The predicted octanol–water partition coefficient (Wildman–Crippen LogP) is 1.06. The Bertz CT molecular complexity index is 493. The molecule has 0 N–H and O–H groups in total. The van der Waals surface area contributed by atoms with Crippen LogP contribution < -0.4 is 0 Å². The van der Waals surface area contributed by atoms with E-state index in [1.807, 2.05) is 0 Å². The van der Waals surface area contributed by atoms with E-state index in [1.165, 1.54) is 16.8 Å². The summed E-state index contributed by atoms with van der Waals surface area (Å²) in [4.78, 5) is 3.88. The molecule has 7 heteroatoms. The van der Waals surface area contributed by atoms with Gasteiger partial charge in [0.25, 0.3) is 10.0 Å². The number of hydrogen-bond donors (Lipinski definition) is 0. The van der Waals surface area contributed by atoms with Crippen LogP contribution in [0.1, 0.15) is 12.8 Å². The number of alkyl halides is 1. The zero-order chi connectivity index (χ0) is 12.6. The molecule has 17 heavy (non-hydrogen) atoms. The topological polar surface area (TPSA) is 55.2 Å². The third-order valence-electron chi connectivity index (χ3n) is 3.05. The Morgan fingerprint density at radius 2 is 2.24 bits per heavy atom. The third-order valence-corrected chi connectivity index (χ3v) is 5.11. The molecule has 1 heterocycles. The summed E-state index contributed by atoms with van der Waals surface area (Å²) in [5, 5.41) is 0.315. The van der Waals surface area contributed by atoms with E-state index >= 15 is 0 Å². The largest absolute Gasteiger partial charge is 0.339 e. The molecule has 0 atom stereocenters. The van der Waals surface area contributed by atoms with E-state index in [1.54, 1.807) is 18.7 Å². The van der Waals surface area contributed by atoms with Gasteiger partial charge in [0, 0.05) is 32.2 Å². The molecule has 0 aliphatic heterocycles. The van der Waals surface area contributed by atoms with Crippen molar-refractivity contribution >= 4 is 21.6 Å². The van der Waals surface area contributed by atoms with Crippen molar-refractivity contribution in [2.24, 2.45) is 13.0 Å². The Balaban J connectivity index is 2.05. The van der Waals surface area contributed by atoms with Crippen LogP contribution >= 0.6 is 11.6 Å². The molecule has 1 aliphatic rings. The smallest absolute Gasteiger partial charge is 0.261 e. The van der Waals surface area contributed by atoms with Crippen molar-refractivity contribution in [2.45, 2.75) is 23.2 Å². The first kappa shape index (κ1) is 12.9. The molecule has 1 aromatic rings. The molecule has 96 valence electrons. The first-order valence-electron chi connectivity index (χ1n) is 5.48. The molecule has 1 fully saturated rings. The number of hydrogen-bond acceptors (Lipinski definition) is 3. The highest BCUT2D eigenvalue weighted by Crippen LogP contribution is 2.33. The molecular weight excluding hydrogens is 262 g/mol. The Hall–Kier alpha value is -0.590. The van der Waals surface area contributed by atoms with E-state index in [4.69, 9.17) is 11.6 Å². The summed E-state index contributed by atoms with van der Waals surface area (Å²) in [5.74, 6) is 0.376. The van der Waals surface area contributed by atoms with Crippen molar-refractivity contribution in [3.63, 3.8) is 0 Å². The normalized spacial score (nSPS) is 24.9. The van der Waals surface area contributed by atoms with E-state index in [0.29, 0.717) is 12.5 Å². The Labute approximate surface area is 106 Å². The van der Waals surface area contributed by atoms with Crippen LogP contribution in [0.4, 0.5) is 0 Å². The van der Waals surface area contributed by atoms with Gasteiger partial charge in [-0.25, -0.2) is 13.4 Å². The van der Waals surface area contributed by atoms with Crippen molar-refractivity contribution in [2.75, 3.05) is 13.6 Å². The number of sulfonamides is 1. The van der Waals surface area contributed by atoms with Gasteiger partial charge in [0.05, 0.1) is 6.33 Å². The lowest BCUT2D eigenvalue weighted by molar-refractivity contribution is 0.268. The van der Waals surface area contributed by atoms with Crippen LogP contribution in [0.3, 0.4) is 0 Å². The first-order chi connectivity index (χ1) is 7.89. The van der Waals surface area contributed by atoms with Gasteiger partial charge < -0.3 is 4.57 Å². The van der Waals surface area contributed by atoms with Gasteiger partial charge in [0.15, 0.2) is 5.03 Å². The molecule has 0 bridgehead atoms. The van der Waals surface area contributed by atoms with Crippen LogP contribution in [-0.2, 0) is 17.1 Å². The fourth-order valence-corrected chi connectivity index (χ4v) is 3.66. The number of rotatable bonds is 4. The predicted molar refractivity (Wildman–Crippen MR) is 65.4 cm³/mol. The van der Waals surface area contributed by atoms with E-state index < -0.39 is 10.0 Å². The van der Waals surface area contributed by atoms with E-state index in [2.05, 4.69) is 4.98 Å². The lowest BCUT2D eigenvalue weighted by Gasteiger charge is -2.33. The van der Waals surface area contributed by atoms with Crippen LogP contribution in [0.2, 0.25) is 0 Å². The summed E-state index contributed by atoms with van der Waals surface area (Å²) in [7, 11) is -0.114. The summed E-state index contributed by atoms with van der Waals surface area (Å²) < 4.78 is 27.2. The maximum Gasteiger partial charge on any atom is 0.261 e. The molecule has 0 saturated heterocycles. The fourth-order valence-electron chi connectivity index (χ4n) is 1.95. The molecule has 0 amide bonds. The van der Waals surface area contributed by atoms with Crippen LogP contribution in [0.25, 0.3) is 0 Å². The summed E-state index contributed by atoms with van der Waals surface area (Å²) in [5.41, 5.74) is 0. The van der Waals surface area contributed by atoms with Crippen molar-refractivity contribution < 1.29 is 8.42 Å². The molecule has 0 aromatic carbocycles. The van der Waals surface area contributed by atoms with Gasteiger partial charge in [-0.3, -0.25) is 0 Å². The van der Waals surface area contributed by atoms with E-state index in [-0.39, 0.29) is 10.4 Å². The van der Waals surface area contributed by atoms with Gasteiger partial charge in [0.2, 0.25) is 0 Å². The lowest BCUT2D eigenvalue weighted by Crippen LogP contribution is -2.38. The zero-order valence-corrected chi connectivity index (χ0v) is 11.4. The summed E-state index contributed by atoms with van der Waals surface area (Å²) in [6.45, 7) is 0.516. The van der Waals surface area contributed by atoms with Crippen LogP contribution in [0, 0.1) is 5.92 Å². The summed E-state index contributed by atoms with van der Waals surface area (Å²) in [6, 6.07) is 0. The molecule has 1 aromatic heterocycles. The van der Waals surface area contributed by atoms with E-state index in [0.717, 1.165) is 12.8 Å². The number of nitrogens with zero attached hydrogens (tertiary/aromatic N) is 3. The maximum atomic E-state index is 12.1. The molecule has 0 radical (unpaired) electrons. The molecular formula is C10H16ClN3O2S. The SMILES string of the molecule is CN(CC1CC(Cl)C1)S(=O)(=O)c1cn(C)cn1. The first-order valence-corrected chi connectivity index (χ1v) is 7.35. The molecule has 5 nitrogen and oxygen atoms in total. The minimum Gasteiger partial charge on any atom is -0.339 e. The summed E-state index contributed by atoms with van der Waals surface area (Å²) in [6.07, 6.45) is 4.78. The van der Waals surface area contributed by atoms with Gasteiger partial charge in [-0.2, -0.15) is 4.31 Å². The average molecular weight is 278 g/mol. The van der Waals surface area contributed by atoms with Crippen molar-refractivity contribution in [1.29, 1.82) is 0 Å². The van der Waals surface area contributed by atoms with Gasteiger partial charge in [-0.15, -0.1) is 11.6 Å². The second-order valence-corrected chi connectivity index (χ2v) is 7.21. The van der Waals surface area contributed by atoms with E-state index in [9.17, 15) is 8.42 Å². The zero-order valence-electron chi connectivity index (χ0n) is 9.88. The highest BCUT2D eigenvalue weighted by atomic mass is 35.5. The minimum atomic E-state index is -3.45. The van der Waals surface area contributed by atoms with Crippen molar-refractivity contribution in [3.8, 4) is 0 Å². The highest BCUT2D eigenvalue weighted by Gasteiger charge is 2.32. The number of aromatic nitrogens is 2. The third kappa shape index (κ3) is 2.64. The second kappa shape index (κ2) is 4.59. The van der Waals surface area contributed by atoms with Crippen molar-refractivity contribution in [3.05, 3.63) is 12.5 Å². The average Bonchev–Trinajstić information content (AvgIpc) is 2.63. The molecule has 0 spiro atoms. The molecule has 2 rings (SSSR count). The Kier molecular flexibility index (Phi) is 3.47. The number of imidazole rings is 1. The minimum absolute atomic E-state index is 0.101. The Morgan fingerprint density at radius 1 is 1.59 bits per heavy atom. The second-order valence-electron chi connectivity index (χ2n) is 4.60. The quantitative estimate of drug-likeness (QED) is 0.773. The highest BCUT2D eigenvalue weighted by molar-refractivity contribution is 7.89. The van der Waals surface area contributed by atoms with Gasteiger partial charge in [-0.1, -0.05) is 0 Å². The molecule has 0 unspecified atom stereocenters. The fraction of sp³-hybridized carbons (Fsp3) is 0.700. The Morgan fingerprint density at radius 3 is 2.71 bits per heavy atom. The van der Waals surface area contributed by atoms with Crippen LogP contribution in [0.5, 0.6) is 0 Å². The number of halogens is 1. The van der Waals surface area contributed by atoms with Crippen molar-refractivity contribution in [1.82, 2.24) is 13.9 Å². The van der Waals surface area contributed by atoms with Crippen LogP contribution in [0.15, 0.2) is 17.6 Å². The maximum absolute atomic E-state index is 12.1. The number of aryl methyl sites for hydroxylation is 1. The molecule has 1 aliphatic carbocycles. The monoisotopic (exact) mass is 277 g/mol. The van der Waals surface area contributed by atoms with Gasteiger partial charge >= 0.3 is 0 Å². The standard InChI is InChI=1S/C10H16ClN3O2S/c1-13-6-10(12-7-13)17(15,16)14(2)5-8-3-9(11)4-8/h6-9H,3-5H2,1-2H3. The van der Waals surface area contributed by atoms with Gasteiger partial charge in [-0.05, 0) is 18.8 Å². The van der Waals surface area contributed by atoms with Crippen LogP contribution in [-0.4, -0.2) is 41.2 Å². The lowest BCUT2D eigenvalue weighted by atomic mass is 9.85.